The van der Waals surface area contributed by atoms with E-state index in [-0.39, 0.29) is 23.2 Å². The lowest BCUT2D eigenvalue weighted by atomic mass is 10.0. The van der Waals surface area contributed by atoms with Crippen molar-refractivity contribution in [3.8, 4) is 22.6 Å². The lowest BCUT2D eigenvalue weighted by molar-refractivity contribution is 0.0602. The predicted molar refractivity (Wildman–Crippen MR) is 143 cm³/mol. The van der Waals surface area contributed by atoms with E-state index >= 15 is 0 Å². The van der Waals surface area contributed by atoms with Crippen LogP contribution in [0.15, 0.2) is 97.1 Å². The van der Waals surface area contributed by atoms with E-state index in [9.17, 15) is 9.59 Å². The quantitative estimate of drug-likeness (QED) is 0.187. The first-order valence-corrected chi connectivity index (χ1v) is 12.3. The van der Waals surface area contributed by atoms with Crippen LogP contribution in [0.1, 0.15) is 26.3 Å². The van der Waals surface area contributed by atoms with Gasteiger partial charge < -0.3 is 19.5 Å². The number of hydrogen-bond acceptors (Lipinski definition) is 5. The molecule has 4 rings (SSSR count). The van der Waals surface area contributed by atoms with E-state index in [1.54, 1.807) is 30.3 Å². The molecule has 182 valence electrons. The number of hydrogen-bond donors (Lipinski definition) is 1. The molecule has 7 heteroatoms. The molecule has 0 aromatic heterocycles. The smallest absolute Gasteiger partial charge is 0.339 e. The van der Waals surface area contributed by atoms with Crippen LogP contribution in [-0.4, -0.2) is 24.5 Å². The molecule has 1 N–H and O–H groups in total. The van der Waals surface area contributed by atoms with Crippen molar-refractivity contribution in [2.75, 3.05) is 17.9 Å². The molecular weight excluding hydrogens is 522 g/mol. The SMILES string of the molecule is COC(=O)c1ccc(-c2ccccc2)cc1NC(=O)c1cc(OCBr)ccc1OCc1ccccc1. The summed E-state index contributed by atoms with van der Waals surface area (Å²) in [5.41, 5.74) is 3.86. The summed E-state index contributed by atoms with van der Waals surface area (Å²) in [6.07, 6.45) is 0. The maximum atomic E-state index is 13.5. The average molecular weight is 546 g/mol. The first kappa shape index (κ1) is 25.0. The molecular formula is C29H24BrNO5. The third kappa shape index (κ3) is 6.12. The number of carbonyl (C=O) groups excluding carboxylic acids is 2. The fraction of sp³-hybridized carbons (Fsp3) is 0.103. The van der Waals surface area contributed by atoms with E-state index in [2.05, 4.69) is 21.2 Å². The van der Waals surface area contributed by atoms with Gasteiger partial charge in [0, 0.05) is 0 Å². The Kier molecular flexibility index (Phi) is 8.36. The third-order valence-electron chi connectivity index (χ3n) is 5.43. The molecule has 0 unspecified atom stereocenters. The Balaban J connectivity index is 1.67. The molecule has 36 heavy (non-hydrogen) atoms. The van der Waals surface area contributed by atoms with Crippen LogP contribution < -0.4 is 14.8 Å². The molecule has 4 aromatic carbocycles. The van der Waals surface area contributed by atoms with E-state index in [1.807, 2.05) is 66.7 Å². The predicted octanol–water partition coefficient (Wildman–Crippen LogP) is 6.70. The lowest BCUT2D eigenvalue weighted by Gasteiger charge is -2.16. The third-order valence-corrected chi connectivity index (χ3v) is 5.66. The summed E-state index contributed by atoms with van der Waals surface area (Å²) in [5, 5.41) is 2.87. The minimum absolute atomic E-state index is 0.241. The first-order chi connectivity index (χ1) is 17.6. The number of carbonyl (C=O) groups is 2. The number of benzene rings is 4. The maximum absolute atomic E-state index is 13.5. The summed E-state index contributed by atoms with van der Waals surface area (Å²) in [6.45, 7) is 0.288. The number of rotatable bonds is 9. The average Bonchev–Trinajstić information content (AvgIpc) is 2.93. The van der Waals surface area contributed by atoms with Crippen molar-refractivity contribution in [3.63, 3.8) is 0 Å². The monoisotopic (exact) mass is 545 g/mol. The molecule has 0 atom stereocenters. The second-order valence-corrected chi connectivity index (χ2v) is 8.22. The van der Waals surface area contributed by atoms with Gasteiger partial charge in [0.05, 0.1) is 23.9 Å². The van der Waals surface area contributed by atoms with Crippen molar-refractivity contribution in [3.05, 3.63) is 114 Å². The highest BCUT2D eigenvalue weighted by Gasteiger charge is 2.19. The summed E-state index contributed by atoms with van der Waals surface area (Å²) in [5.74, 6) is -0.122. The summed E-state index contributed by atoms with van der Waals surface area (Å²) >= 11 is 3.24. The fourth-order valence-electron chi connectivity index (χ4n) is 3.64. The molecule has 0 aliphatic rings. The Bertz CT molecular complexity index is 1340. The zero-order valence-electron chi connectivity index (χ0n) is 19.6. The van der Waals surface area contributed by atoms with Crippen molar-refractivity contribution < 1.29 is 23.8 Å². The van der Waals surface area contributed by atoms with E-state index in [0.717, 1.165) is 16.7 Å². The molecule has 0 heterocycles. The highest BCUT2D eigenvalue weighted by atomic mass is 79.9. The Morgan fingerprint density at radius 3 is 2.19 bits per heavy atom. The van der Waals surface area contributed by atoms with Gasteiger partial charge in [0.15, 0.2) is 0 Å². The minimum Gasteiger partial charge on any atom is -0.488 e. The molecule has 6 nitrogen and oxygen atoms in total. The molecule has 0 radical (unpaired) electrons. The fourth-order valence-corrected chi connectivity index (χ4v) is 3.90. The van der Waals surface area contributed by atoms with Gasteiger partial charge in [0.2, 0.25) is 0 Å². The normalized spacial score (nSPS) is 10.4. The Labute approximate surface area is 218 Å². The number of methoxy groups -OCH3 is 1. The van der Waals surface area contributed by atoms with Crippen LogP contribution in [0.4, 0.5) is 5.69 Å². The molecule has 0 bridgehead atoms. The minimum atomic E-state index is -0.554. The zero-order valence-corrected chi connectivity index (χ0v) is 21.2. The second-order valence-electron chi connectivity index (χ2n) is 7.76. The summed E-state index contributed by atoms with van der Waals surface area (Å²) in [7, 11) is 1.30. The van der Waals surface area contributed by atoms with E-state index in [1.165, 1.54) is 7.11 Å². The van der Waals surface area contributed by atoms with Gasteiger partial charge in [-0.25, -0.2) is 4.79 Å². The molecule has 0 saturated heterocycles. The van der Waals surface area contributed by atoms with Gasteiger partial charge in [-0.1, -0.05) is 66.7 Å². The summed E-state index contributed by atoms with van der Waals surface area (Å²) in [6, 6.07) is 29.6. The standard InChI is InChI=1S/C29H24BrNO5/c1-34-29(33)24-14-12-22(21-10-6-3-7-11-21)16-26(24)31-28(32)25-17-23(36-19-30)13-15-27(25)35-18-20-8-4-2-5-9-20/h2-17H,18-19H2,1H3,(H,31,32). The highest BCUT2D eigenvalue weighted by molar-refractivity contribution is 9.09. The van der Waals surface area contributed by atoms with Crippen molar-refractivity contribution in [2.45, 2.75) is 6.61 Å². The summed E-state index contributed by atoms with van der Waals surface area (Å²) < 4.78 is 16.4. The molecule has 1 amide bonds. The van der Waals surface area contributed by atoms with Crippen LogP contribution in [0.2, 0.25) is 0 Å². The van der Waals surface area contributed by atoms with E-state index < -0.39 is 11.9 Å². The van der Waals surface area contributed by atoms with Crippen LogP contribution in [0.3, 0.4) is 0 Å². The number of ether oxygens (including phenoxy) is 3. The van der Waals surface area contributed by atoms with Crippen molar-refractivity contribution in [1.82, 2.24) is 0 Å². The van der Waals surface area contributed by atoms with Gasteiger partial charge in [-0.05, 0) is 63.0 Å². The maximum Gasteiger partial charge on any atom is 0.339 e. The van der Waals surface area contributed by atoms with E-state index in [4.69, 9.17) is 14.2 Å². The van der Waals surface area contributed by atoms with Crippen molar-refractivity contribution in [1.29, 1.82) is 0 Å². The number of nitrogens with one attached hydrogen (secondary N) is 1. The second kappa shape index (κ2) is 12.0. The zero-order chi connectivity index (χ0) is 25.3. The summed E-state index contributed by atoms with van der Waals surface area (Å²) in [4.78, 5) is 25.9. The van der Waals surface area contributed by atoms with Crippen LogP contribution >= 0.6 is 15.9 Å². The van der Waals surface area contributed by atoms with Gasteiger partial charge in [-0.15, -0.1) is 0 Å². The molecule has 0 aliphatic heterocycles. The first-order valence-electron chi connectivity index (χ1n) is 11.2. The molecule has 4 aromatic rings. The molecule has 0 aliphatic carbocycles. The Morgan fingerprint density at radius 2 is 1.50 bits per heavy atom. The number of alkyl halides is 1. The van der Waals surface area contributed by atoms with Gasteiger partial charge in [-0.3, -0.25) is 4.79 Å². The number of anilines is 1. The molecule has 0 fully saturated rings. The van der Waals surface area contributed by atoms with Gasteiger partial charge >= 0.3 is 5.97 Å². The van der Waals surface area contributed by atoms with Gasteiger partial charge in [0.25, 0.3) is 5.91 Å². The van der Waals surface area contributed by atoms with Crippen molar-refractivity contribution in [2.24, 2.45) is 0 Å². The molecule has 0 spiro atoms. The van der Waals surface area contributed by atoms with Crippen LogP contribution in [0.25, 0.3) is 11.1 Å². The van der Waals surface area contributed by atoms with Crippen LogP contribution in [0, 0.1) is 0 Å². The van der Waals surface area contributed by atoms with Crippen molar-refractivity contribution >= 4 is 33.5 Å². The topological polar surface area (TPSA) is 73.9 Å². The largest absolute Gasteiger partial charge is 0.488 e. The Hall–Kier alpha value is -4.10. The lowest BCUT2D eigenvalue weighted by Crippen LogP contribution is -2.17. The van der Waals surface area contributed by atoms with Gasteiger partial charge in [0.1, 0.15) is 23.6 Å². The van der Waals surface area contributed by atoms with E-state index in [0.29, 0.717) is 17.2 Å². The van der Waals surface area contributed by atoms with Gasteiger partial charge in [-0.2, -0.15) is 0 Å². The van der Waals surface area contributed by atoms with Crippen LogP contribution in [0.5, 0.6) is 11.5 Å². The Morgan fingerprint density at radius 1 is 0.778 bits per heavy atom. The number of halogens is 1. The van der Waals surface area contributed by atoms with Crippen LogP contribution in [-0.2, 0) is 11.3 Å². The molecule has 0 saturated carbocycles. The number of amides is 1. The highest BCUT2D eigenvalue weighted by Crippen LogP contribution is 2.30. The number of esters is 1.